The van der Waals surface area contributed by atoms with Gasteiger partial charge in [0.05, 0.1) is 12.1 Å². The molecule has 0 aromatic rings. The fourth-order valence-electron chi connectivity index (χ4n) is 2.42. The first-order valence-electron chi connectivity index (χ1n) is 5.33. The van der Waals surface area contributed by atoms with Gasteiger partial charge in [-0.25, -0.2) is 0 Å². The third-order valence-electron chi connectivity index (χ3n) is 3.31. The summed E-state index contributed by atoms with van der Waals surface area (Å²) in [6.07, 6.45) is 1.79. The molecule has 0 spiro atoms. The summed E-state index contributed by atoms with van der Waals surface area (Å²) in [6.45, 7) is 4.27. The van der Waals surface area contributed by atoms with E-state index in [1.54, 1.807) is 0 Å². The monoisotopic (exact) mass is 198 g/mol. The van der Waals surface area contributed by atoms with Crippen LogP contribution in [-0.2, 0) is 9.53 Å². The van der Waals surface area contributed by atoms with Gasteiger partial charge in [-0.3, -0.25) is 4.79 Å². The first-order valence-corrected chi connectivity index (χ1v) is 5.33. The molecule has 0 saturated carbocycles. The molecule has 80 valence electrons. The Morgan fingerprint density at radius 1 is 1.64 bits per heavy atom. The number of likely N-dealkylation sites (tertiary alicyclic amines) is 1. The molecule has 0 aromatic carbocycles. The quantitative estimate of drug-likeness (QED) is 0.678. The number of rotatable bonds is 2. The minimum absolute atomic E-state index is 0.190. The van der Waals surface area contributed by atoms with E-state index in [-0.39, 0.29) is 12.0 Å². The topological polar surface area (TPSA) is 55.6 Å². The molecule has 2 N–H and O–H groups in total. The predicted octanol–water partition coefficient (Wildman–Crippen LogP) is -0.0290. The van der Waals surface area contributed by atoms with Gasteiger partial charge in [0.1, 0.15) is 0 Å². The first-order chi connectivity index (χ1) is 6.72. The van der Waals surface area contributed by atoms with E-state index in [1.165, 1.54) is 0 Å². The Morgan fingerprint density at radius 2 is 2.43 bits per heavy atom. The Kier molecular flexibility index (Phi) is 2.74. The van der Waals surface area contributed by atoms with Gasteiger partial charge in [-0.05, 0) is 25.8 Å². The summed E-state index contributed by atoms with van der Waals surface area (Å²) in [5.74, 6) is 0.609. The van der Waals surface area contributed by atoms with Gasteiger partial charge in [-0.1, -0.05) is 0 Å². The van der Waals surface area contributed by atoms with Crippen molar-refractivity contribution in [1.82, 2.24) is 4.90 Å². The van der Waals surface area contributed by atoms with Gasteiger partial charge in [0.15, 0.2) is 0 Å². The van der Waals surface area contributed by atoms with Crippen LogP contribution in [0.3, 0.4) is 0 Å². The Bertz CT molecular complexity index is 232. The molecule has 0 aromatic heterocycles. The largest absolute Gasteiger partial charge is 0.376 e. The number of hydrogen-bond acceptors (Lipinski definition) is 3. The van der Waals surface area contributed by atoms with Crippen molar-refractivity contribution in [3.63, 3.8) is 0 Å². The standard InChI is InChI=1S/C10H18N2O2/c1-7-9(2-3-14-7)12-6-8(5-11)4-10(12)13/h7-9H,2-6,11H2,1H3. The van der Waals surface area contributed by atoms with Crippen LogP contribution in [-0.4, -0.2) is 42.6 Å². The smallest absolute Gasteiger partial charge is 0.223 e. The second-order valence-electron chi connectivity index (χ2n) is 4.28. The molecule has 2 aliphatic rings. The van der Waals surface area contributed by atoms with E-state index in [0.29, 0.717) is 24.9 Å². The van der Waals surface area contributed by atoms with Crippen LogP contribution < -0.4 is 5.73 Å². The number of carbonyl (C=O) groups is 1. The Morgan fingerprint density at radius 3 is 2.93 bits per heavy atom. The zero-order valence-corrected chi connectivity index (χ0v) is 8.61. The summed E-state index contributed by atoms with van der Waals surface area (Å²) < 4.78 is 5.47. The van der Waals surface area contributed by atoms with E-state index < -0.39 is 0 Å². The van der Waals surface area contributed by atoms with Crippen molar-refractivity contribution in [2.24, 2.45) is 11.7 Å². The Labute approximate surface area is 84.4 Å². The number of carbonyl (C=O) groups excluding carboxylic acids is 1. The van der Waals surface area contributed by atoms with Crippen LogP contribution >= 0.6 is 0 Å². The van der Waals surface area contributed by atoms with Crippen molar-refractivity contribution in [1.29, 1.82) is 0 Å². The van der Waals surface area contributed by atoms with E-state index in [9.17, 15) is 4.79 Å². The van der Waals surface area contributed by atoms with Crippen LogP contribution in [0.1, 0.15) is 19.8 Å². The zero-order chi connectivity index (χ0) is 10.1. The molecule has 0 bridgehead atoms. The summed E-state index contributed by atoms with van der Waals surface area (Å²) in [5.41, 5.74) is 5.58. The van der Waals surface area contributed by atoms with Crippen LogP contribution in [0.4, 0.5) is 0 Å². The lowest BCUT2D eigenvalue weighted by molar-refractivity contribution is -0.130. The number of nitrogens with zero attached hydrogens (tertiary/aromatic N) is 1. The number of amides is 1. The number of ether oxygens (including phenoxy) is 1. The van der Waals surface area contributed by atoms with Gasteiger partial charge in [-0.15, -0.1) is 0 Å². The van der Waals surface area contributed by atoms with E-state index >= 15 is 0 Å². The average Bonchev–Trinajstić information content (AvgIpc) is 2.72. The maximum Gasteiger partial charge on any atom is 0.223 e. The van der Waals surface area contributed by atoms with Crippen molar-refractivity contribution in [2.45, 2.75) is 31.9 Å². The van der Waals surface area contributed by atoms with Crippen molar-refractivity contribution < 1.29 is 9.53 Å². The van der Waals surface area contributed by atoms with Crippen molar-refractivity contribution in [3.05, 3.63) is 0 Å². The van der Waals surface area contributed by atoms with Gasteiger partial charge in [-0.2, -0.15) is 0 Å². The second-order valence-corrected chi connectivity index (χ2v) is 4.28. The molecule has 1 amide bonds. The van der Waals surface area contributed by atoms with E-state index in [2.05, 4.69) is 0 Å². The Balaban J connectivity index is 2.00. The predicted molar refractivity (Wildman–Crippen MR) is 52.7 cm³/mol. The molecular weight excluding hydrogens is 180 g/mol. The van der Waals surface area contributed by atoms with Crippen molar-refractivity contribution >= 4 is 5.91 Å². The van der Waals surface area contributed by atoms with Crippen LogP contribution in [0.5, 0.6) is 0 Å². The maximum atomic E-state index is 11.7. The summed E-state index contributed by atoms with van der Waals surface area (Å²) in [6, 6.07) is 0.291. The van der Waals surface area contributed by atoms with Gasteiger partial charge < -0.3 is 15.4 Å². The molecule has 3 atom stereocenters. The third-order valence-corrected chi connectivity index (χ3v) is 3.31. The zero-order valence-electron chi connectivity index (χ0n) is 8.61. The fourth-order valence-corrected chi connectivity index (χ4v) is 2.42. The molecule has 2 heterocycles. The van der Waals surface area contributed by atoms with Crippen LogP contribution in [0.15, 0.2) is 0 Å². The fraction of sp³-hybridized carbons (Fsp3) is 0.900. The number of hydrogen-bond donors (Lipinski definition) is 1. The molecule has 2 aliphatic heterocycles. The SMILES string of the molecule is CC1OCCC1N1CC(CN)CC1=O. The van der Waals surface area contributed by atoms with Crippen LogP contribution in [0, 0.1) is 5.92 Å². The summed E-state index contributed by atoms with van der Waals surface area (Å²) in [4.78, 5) is 13.7. The minimum atomic E-state index is 0.190. The van der Waals surface area contributed by atoms with Crippen LogP contribution in [0.25, 0.3) is 0 Å². The molecule has 2 fully saturated rings. The van der Waals surface area contributed by atoms with Gasteiger partial charge in [0.2, 0.25) is 5.91 Å². The first kappa shape index (κ1) is 9.93. The lowest BCUT2D eigenvalue weighted by atomic mass is 10.1. The normalized spacial score (nSPS) is 38.3. The summed E-state index contributed by atoms with van der Waals surface area (Å²) >= 11 is 0. The van der Waals surface area contributed by atoms with E-state index in [1.807, 2.05) is 11.8 Å². The highest BCUT2D eigenvalue weighted by Gasteiger charge is 2.38. The maximum absolute atomic E-state index is 11.7. The van der Waals surface area contributed by atoms with Crippen molar-refractivity contribution in [2.75, 3.05) is 19.7 Å². The molecule has 2 rings (SSSR count). The van der Waals surface area contributed by atoms with E-state index in [0.717, 1.165) is 19.6 Å². The average molecular weight is 198 g/mol. The lowest BCUT2D eigenvalue weighted by Crippen LogP contribution is -2.41. The van der Waals surface area contributed by atoms with Crippen LogP contribution in [0.2, 0.25) is 0 Å². The molecule has 0 aliphatic carbocycles. The van der Waals surface area contributed by atoms with Gasteiger partial charge >= 0.3 is 0 Å². The molecule has 0 radical (unpaired) electrons. The third kappa shape index (κ3) is 1.64. The highest BCUT2D eigenvalue weighted by molar-refractivity contribution is 5.79. The van der Waals surface area contributed by atoms with E-state index in [4.69, 9.17) is 10.5 Å². The highest BCUT2D eigenvalue weighted by atomic mass is 16.5. The number of nitrogens with two attached hydrogens (primary N) is 1. The molecule has 3 unspecified atom stereocenters. The molecule has 14 heavy (non-hydrogen) atoms. The molecular formula is C10H18N2O2. The van der Waals surface area contributed by atoms with Gasteiger partial charge in [0.25, 0.3) is 0 Å². The summed E-state index contributed by atoms with van der Waals surface area (Å²) in [7, 11) is 0. The molecule has 4 heteroatoms. The highest BCUT2D eigenvalue weighted by Crippen LogP contribution is 2.26. The molecule has 4 nitrogen and oxygen atoms in total. The lowest BCUT2D eigenvalue weighted by Gasteiger charge is -2.26. The minimum Gasteiger partial charge on any atom is -0.376 e. The van der Waals surface area contributed by atoms with Gasteiger partial charge in [0, 0.05) is 19.6 Å². The molecule has 2 saturated heterocycles. The Hall–Kier alpha value is -0.610. The summed E-state index contributed by atoms with van der Waals surface area (Å²) in [5, 5.41) is 0. The second kappa shape index (κ2) is 3.87. The van der Waals surface area contributed by atoms with Crippen molar-refractivity contribution in [3.8, 4) is 0 Å².